The predicted octanol–water partition coefficient (Wildman–Crippen LogP) is 6.84. The molecule has 0 amide bonds. The molecule has 2 aromatic rings. The molecular formula is C25H24ClF3O2. The Labute approximate surface area is 185 Å². The molecule has 0 saturated heterocycles. The van der Waals surface area contributed by atoms with Crippen LogP contribution in [0.2, 0.25) is 0 Å². The molecular weight excluding hydrogens is 425 g/mol. The maximum absolute atomic E-state index is 12.8. The number of rotatable bonds is 4. The number of carbonyl (C=O) groups excluding carboxylic acids is 1. The number of halogens is 4. The largest absolute Gasteiger partial charge is 0.461 e. The lowest BCUT2D eigenvalue weighted by molar-refractivity contribution is -0.147. The van der Waals surface area contributed by atoms with E-state index in [1.165, 1.54) is 16.7 Å². The summed E-state index contributed by atoms with van der Waals surface area (Å²) in [5.41, 5.74) is 5.18. The topological polar surface area (TPSA) is 26.3 Å². The molecule has 0 radical (unpaired) electrons. The lowest BCUT2D eigenvalue weighted by Gasteiger charge is -2.14. The van der Waals surface area contributed by atoms with Crippen LogP contribution in [0.25, 0.3) is 11.1 Å². The second-order valence-corrected chi connectivity index (χ2v) is 9.31. The maximum atomic E-state index is 12.8. The molecule has 1 saturated carbocycles. The van der Waals surface area contributed by atoms with Gasteiger partial charge < -0.3 is 4.74 Å². The van der Waals surface area contributed by atoms with E-state index in [2.05, 4.69) is 18.2 Å². The summed E-state index contributed by atoms with van der Waals surface area (Å²) in [7, 11) is 0. The van der Waals surface area contributed by atoms with E-state index in [1.54, 1.807) is 13.8 Å². The third-order valence-electron chi connectivity index (χ3n) is 6.58. The molecule has 2 aromatic carbocycles. The van der Waals surface area contributed by atoms with E-state index in [0.29, 0.717) is 0 Å². The molecule has 2 nitrogen and oxygen atoms in total. The number of hydrogen-bond donors (Lipinski definition) is 0. The predicted molar refractivity (Wildman–Crippen MR) is 114 cm³/mol. The van der Waals surface area contributed by atoms with Crippen LogP contribution in [0, 0.1) is 17.3 Å². The molecule has 31 heavy (non-hydrogen) atoms. The fraction of sp³-hybridized carbons (Fsp3) is 0.400. The Balaban J connectivity index is 1.51. The molecule has 2 aliphatic carbocycles. The van der Waals surface area contributed by atoms with Gasteiger partial charge in [0.05, 0.1) is 5.92 Å². The van der Waals surface area contributed by atoms with Gasteiger partial charge >= 0.3 is 12.1 Å². The highest BCUT2D eigenvalue weighted by atomic mass is 35.5. The third-order valence-corrected chi connectivity index (χ3v) is 6.92. The van der Waals surface area contributed by atoms with Gasteiger partial charge in [-0.3, -0.25) is 4.79 Å². The van der Waals surface area contributed by atoms with Crippen molar-refractivity contribution in [3.63, 3.8) is 0 Å². The SMILES string of the molecule is CC1(C)C(C=C(Cl)C(F)(F)F)C1C(=O)OCc1cccc2c1CCCc1ccccc1-2. The molecule has 0 spiro atoms. The van der Waals surface area contributed by atoms with Crippen LogP contribution in [0.5, 0.6) is 0 Å². The summed E-state index contributed by atoms with van der Waals surface area (Å²) in [6.45, 7) is 3.62. The Hall–Kier alpha value is -2.27. The van der Waals surface area contributed by atoms with E-state index >= 15 is 0 Å². The Kier molecular flexibility index (Phi) is 5.67. The van der Waals surface area contributed by atoms with Gasteiger partial charge in [0.15, 0.2) is 0 Å². The van der Waals surface area contributed by atoms with Crippen molar-refractivity contribution in [2.45, 2.75) is 45.9 Å². The summed E-state index contributed by atoms with van der Waals surface area (Å²) in [4.78, 5) is 12.7. The van der Waals surface area contributed by atoms with Crippen LogP contribution >= 0.6 is 11.6 Å². The number of fused-ring (bicyclic) bond motifs is 3. The second kappa shape index (κ2) is 8.01. The molecule has 2 unspecified atom stereocenters. The Bertz CT molecular complexity index is 1040. The minimum Gasteiger partial charge on any atom is -0.461 e. The summed E-state index contributed by atoms with van der Waals surface area (Å²) in [5, 5.41) is -1.19. The Morgan fingerprint density at radius 1 is 1.13 bits per heavy atom. The minimum absolute atomic E-state index is 0.111. The number of aryl methyl sites for hydroxylation is 1. The van der Waals surface area contributed by atoms with Crippen LogP contribution in [0.15, 0.2) is 53.6 Å². The van der Waals surface area contributed by atoms with Crippen molar-refractivity contribution in [2.75, 3.05) is 0 Å². The molecule has 0 bridgehead atoms. The van der Waals surface area contributed by atoms with Crippen LogP contribution in [-0.4, -0.2) is 12.1 Å². The van der Waals surface area contributed by atoms with Gasteiger partial charge in [-0.1, -0.05) is 74.0 Å². The van der Waals surface area contributed by atoms with Gasteiger partial charge in [-0.25, -0.2) is 0 Å². The summed E-state index contributed by atoms with van der Waals surface area (Å²) in [6, 6.07) is 14.3. The van der Waals surface area contributed by atoms with Gasteiger partial charge in [0.1, 0.15) is 11.6 Å². The van der Waals surface area contributed by atoms with E-state index in [9.17, 15) is 18.0 Å². The van der Waals surface area contributed by atoms with Crippen molar-refractivity contribution in [3.8, 4) is 11.1 Å². The molecule has 0 heterocycles. The lowest BCUT2D eigenvalue weighted by atomic mass is 9.93. The lowest BCUT2D eigenvalue weighted by Crippen LogP contribution is -2.12. The summed E-state index contributed by atoms with van der Waals surface area (Å²) < 4.78 is 43.9. The molecule has 0 aliphatic heterocycles. The molecule has 0 N–H and O–H groups in total. The van der Waals surface area contributed by atoms with Gasteiger partial charge in [-0.05, 0) is 58.4 Å². The smallest absolute Gasteiger partial charge is 0.426 e. The zero-order valence-corrected chi connectivity index (χ0v) is 18.2. The van der Waals surface area contributed by atoms with E-state index in [0.717, 1.165) is 36.5 Å². The number of alkyl halides is 3. The van der Waals surface area contributed by atoms with Crippen molar-refractivity contribution in [2.24, 2.45) is 17.3 Å². The highest BCUT2D eigenvalue weighted by molar-refractivity contribution is 6.30. The van der Waals surface area contributed by atoms with Crippen LogP contribution in [0.3, 0.4) is 0 Å². The number of esters is 1. The quantitative estimate of drug-likeness (QED) is 0.478. The van der Waals surface area contributed by atoms with Crippen LogP contribution in [-0.2, 0) is 29.0 Å². The highest BCUT2D eigenvalue weighted by Crippen LogP contribution is 2.60. The number of ether oxygens (including phenoxy) is 1. The highest BCUT2D eigenvalue weighted by Gasteiger charge is 2.62. The minimum atomic E-state index is -4.60. The van der Waals surface area contributed by atoms with Crippen molar-refractivity contribution in [1.29, 1.82) is 0 Å². The molecule has 6 heteroatoms. The first-order valence-electron chi connectivity index (χ1n) is 10.4. The molecule has 164 valence electrons. The van der Waals surface area contributed by atoms with Crippen molar-refractivity contribution >= 4 is 17.6 Å². The van der Waals surface area contributed by atoms with Gasteiger partial charge in [0.25, 0.3) is 0 Å². The summed E-state index contributed by atoms with van der Waals surface area (Å²) in [5.74, 6) is -1.70. The van der Waals surface area contributed by atoms with Gasteiger partial charge in [-0.15, -0.1) is 0 Å². The average molecular weight is 449 g/mol. The van der Waals surface area contributed by atoms with Gasteiger partial charge in [-0.2, -0.15) is 13.2 Å². The molecule has 0 aromatic heterocycles. The van der Waals surface area contributed by atoms with E-state index in [1.807, 2.05) is 24.3 Å². The normalized spacial score (nSPS) is 22.2. The number of carbonyl (C=O) groups is 1. The zero-order chi connectivity index (χ0) is 22.4. The number of hydrogen-bond acceptors (Lipinski definition) is 2. The van der Waals surface area contributed by atoms with E-state index < -0.39 is 34.4 Å². The summed E-state index contributed by atoms with van der Waals surface area (Å²) in [6.07, 6.45) is -0.771. The van der Waals surface area contributed by atoms with Crippen molar-refractivity contribution in [3.05, 3.63) is 70.3 Å². The van der Waals surface area contributed by atoms with Gasteiger partial charge in [0, 0.05) is 0 Å². The van der Waals surface area contributed by atoms with Crippen LogP contribution in [0.4, 0.5) is 13.2 Å². The molecule has 4 rings (SSSR count). The Morgan fingerprint density at radius 2 is 1.84 bits per heavy atom. The van der Waals surface area contributed by atoms with E-state index in [-0.39, 0.29) is 6.61 Å². The van der Waals surface area contributed by atoms with Gasteiger partial charge in [0.2, 0.25) is 0 Å². The fourth-order valence-electron chi connectivity index (χ4n) is 4.70. The van der Waals surface area contributed by atoms with Crippen LogP contribution < -0.4 is 0 Å². The van der Waals surface area contributed by atoms with E-state index in [4.69, 9.17) is 16.3 Å². The first-order valence-corrected chi connectivity index (χ1v) is 10.8. The van der Waals surface area contributed by atoms with Crippen LogP contribution in [0.1, 0.15) is 37.0 Å². The standard InChI is InChI=1S/C25H24ClF3O2/c1-24(2)20(13-21(26)25(27,28)29)22(24)23(30)31-14-16-9-6-12-19-17-10-4-3-7-15(17)8-5-11-18(16)19/h3-4,6-7,9-10,12-13,20,22H,5,8,11,14H2,1-2H3. The second-order valence-electron chi connectivity index (χ2n) is 8.90. The first-order chi connectivity index (χ1) is 14.6. The van der Waals surface area contributed by atoms with Crippen molar-refractivity contribution < 1.29 is 22.7 Å². The average Bonchev–Trinajstić information content (AvgIpc) is 3.32. The zero-order valence-electron chi connectivity index (χ0n) is 17.4. The molecule has 1 fully saturated rings. The Morgan fingerprint density at radius 3 is 2.58 bits per heavy atom. The third kappa shape index (κ3) is 4.25. The monoisotopic (exact) mass is 448 g/mol. The van der Waals surface area contributed by atoms with Crippen molar-refractivity contribution in [1.82, 2.24) is 0 Å². The summed E-state index contributed by atoms with van der Waals surface area (Å²) >= 11 is 5.38. The molecule has 2 atom stereocenters. The number of benzene rings is 2. The fourth-order valence-corrected chi connectivity index (χ4v) is 4.84. The molecule has 2 aliphatic rings. The first kappa shape index (κ1) is 21.9. The number of allylic oxidation sites excluding steroid dienone is 2. The maximum Gasteiger partial charge on any atom is 0.426 e.